The predicted molar refractivity (Wildman–Crippen MR) is 141 cm³/mol. The Morgan fingerprint density at radius 1 is 1.03 bits per heavy atom. The highest BCUT2D eigenvalue weighted by molar-refractivity contribution is 5.95. The minimum Gasteiger partial charge on any atom is -0.464 e. The molecule has 0 saturated carbocycles. The van der Waals surface area contributed by atoms with Crippen molar-refractivity contribution in [2.24, 2.45) is 0 Å². The molecule has 0 bridgehead atoms. The van der Waals surface area contributed by atoms with Crippen LogP contribution in [0.2, 0.25) is 0 Å². The van der Waals surface area contributed by atoms with Crippen LogP contribution in [-0.4, -0.2) is 81.1 Å². The Morgan fingerprint density at radius 2 is 1.79 bits per heavy atom. The summed E-state index contributed by atoms with van der Waals surface area (Å²) in [4.78, 5) is 51.9. The van der Waals surface area contributed by atoms with E-state index < -0.39 is 11.6 Å². The number of likely N-dealkylation sites (tertiary alicyclic amines) is 1. The zero-order valence-corrected chi connectivity index (χ0v) is 22.2. The fourth-order valence-electron chi connectivity index (χ4n) is 4.53. The molecule has 1 saturated heterocycles. The summed E-state index contributed by atoms with van der Waals surface area (Å²) in [6.07, 6.45) is 7.12. The molecule has 2 aliphatic rings. The van der Waals surface area contributed by atoms with Gasteiger partial charge in [-0.2, -0.15) is 0 Å². The Hall–Kier alpha value is -4.08. The van der Waals surface area contributed by atoms with Crippen LogP contribution in [0.4, 0.5) is 4.79 Å². The van der Waals surface area contributed by atoms with Crippen molar-refractivity contribution in [2.75, 3.05) is 26.7 Å². The lowest BCUT2D eigenvalue weighted by molar-refractivity contribution is 0.0143. The van der Waals surface area contributed by atoms with E-state index in [-0.39, 0.29) is 18.0 Å². The first-order chi connectivity index (χ1) is 18.2. The molecule has 2 amide bonds. The lowest BCUT2D eigenvalue weighted by Gasteiger charge is -2.40. The van der Waals surface area contributed by atoms with Gasteiger partial charge in [0.2, 0.25) is 0 Å². The number of carbonyl (C=O) groups excluding carboxylic acids is 3. The van der Waals surface area contributed by atoms with Gasteiger partial charge in [-0.05, 0) is 63.8 Å². The number of pyridine rings is 3. The van der Waals surface area contributed by atoms with Crippen LogP contribution in [0, 0.1) is 0 Å². The minimum absolute atomic E-state index is 0.0209. The number of esters is 1. The van der Waals surface area contributed by atoms with Crippen LogP contribution in [0.15, 0.2) is 48.9 Å². The zero-order valence-electron chi connectivity index (χ0n) is 22.2. The molecule has 5 heterocycles. The number of fused-ring (bicyclic) bond motifs is 2. The van der Waals surface area contributed by atoms with Gasteiger partial charge in [0, 0.05) is 43.5 Å². The van der Waals surface area contributed by atoms with E-state index >= 15 is 0 Å². The van der Waals surface area contributed by atoms with E-state index in [0.29, 0.717) is 30.0 Å². The molecule has 2 aliphatic heterocycles. The molecule has 0 aromatic carbocycles. The second-order valence-corrected chi connectivity index (χ2v) is 10.2. The smallest absolute Gasteiger partial charge is 0.410 e. The predicted octanol–water partition coefficient (Wildman–Crippen LogP) is 3.90. The van der Waals surface area contributed by atoms with Crippen LogP contribution in [0.1, 0.15) is 60.2 Å². The summed E-state index contributed by atoms with van der Waals surface area (Å²) in [6.45, 7) is 7.59. The normalized spacial score (nSPS) is 15.8. The van der Waals surface area contributed by atoms with E-state index in [0.717, 1.165) is 36.8 Å². The summed E-state index contributed by atoms with van der Waals surface area (Å²) >= 11 is 0. The molecule has 38 heavy (non-hydrogen) atoms. The van der Waals surface area contributed by atoms with Crippen LogP contribution in [0.3, 0.4) is 0 Å². The van der Waals surface area contributed by atoms with E-state index in [9.17, 15) is 14.4 Å². The zero-order chi connectivity index (χ0) is 27.3. The van der Waals surface area contributed by atoms with E-state index in [2.05, 4.69) is 19.7 Å². The molecule has 0 atom stereocenters. The standard InChI is InChI=1S/C18H25N3O3.C10H8N2O2/c1-18(2,3)24-17(23)20-10-7-14(8-11-20)21-12-6-13-5-4-9-19-15(13)16(21)22;1-14-10(13)8-3-2-7-4-5-11-6-9(7)12-8/h4-5,9,14H,6-8,10-12H2,1-3H3;2-6H,1H3. The summed E-state index contributed by atoms with van der Waals surface area (Å²) in [5.74, 6) is -0.414. The summed E-state index contributed by atoms with van der Waals surface area (Å²) in [5, 5.41) is 0.952. The monoisotopic (exact) mass is 519 g/mol. The highest BCUT2D eigenvalue weighted by Crippen LogP contribution is 2.24. The van der Waals surface area contributed by atoms with Crippen molar-refractivity contribution in [1.82, 2.24) is 24.8 Å². The molecule has 5 rings (SSSR count). The number of nitrogens with zero attached hydrogens (tertiary/aromatic N) is 5. The van der Waals surface area contributed by atoms with Gasteiger partial charge in [0.05, 0.1) is 18.8 Å². The number of piperidine rings is 1. The SMILES string of the molecule is CC(C)(C)OC(=O)N1CCC(N2CCc3cccnc3C2=O)CC1.COC(=O)c1ccc2ccncc2n1. The third-order valence-electron chi connectivity index (χ3n) is 6.42. The molecule has 10 heteroatoms. The number of hydrogen-bond acceptors (Lipinski definition) is 8. The van der Waals surface area contributed by atoms with Crippen molar-refractivity contribution >= 4 is 28.9 Å². The number of rotatable bonds is 2. The molecule has 3 aromatic rings. The third kappa shape index (κ3) is 6.42. The number of ether oxygens (including phenoxy) is 2. The fourth-order valence-corrected chi connectivity index (χ4v) is 4.53. The molecule has 200 valence electrons. The molecule has 10 nitrogen and oxygen atoms in total. The first kappa shape index (κ1) is 27.0. The molecular weight excluding hydrogens is 486 g/mol. The summed E-state index contributed by atoms with van der Waals surface area (Å²) in [6, 6.07) is 9.31. The highest BCUT2D eigenvalue weighted by Gasteiger charge is 2.34. The molecule has 0 aliphatic carbocycles. The number of amides is 2. The van der Waals surface area contributed by atoms with Gasteiger partial charge in [-0.3, -0.25) is 14.8 Å². The Morgan fingerprint density at radius 3 is 2.50 bits per heavy atom. The molecule has 0 unspecified atom stereocenters. The topological polar surface area (TPSA) is 115 Å². The first-order valence-electron chi connectivity index (χ1n) is 12.7. The maximum Gasteiger partial charge on any atom is 0.410 e. The Balaban J connectivity index is 0.000000204. The number of aromatic nitrogens is 3. The van der Waals surface area contributed by atoms with Gasteiger partial charge in [0.25, 0.3) is 5.91 Å². The fraction of sp³-hybridized carbons (Fsp3) is 0.429. The van der Waals surface area contributed by atoms with Gasteiger partial charge in [0.15, 0.2) is 0 Å². The van der Waals surface area contributed by atoms with Crippen LogP contribution in [0.5, 0.6) is 0 Å². The van der Waals surface area contributed by atoms with Gasteiger partial charge >= 0.3 is 12.1 Å². The van der Waals surface area contributed by atoms with E-state index in [1.807, 2.05) is 49.9 Å². The lowest BCUT2D eigenvalue weighted by atomic mass is 9.98. The molecule has 0 radical (unpaired) electrons. The lowest BCUT2D eigenvalue weighted by Crippen LogP contribution is -2.51. The number of methoxy groups -OCH3 is 1. The molecular formula is C28H33N5O5. The van der Waals surface area contributed by atoms with Crippen molar-refractivity contribution in [3.63, 3.8) is 0 Å². The van der Waals surface area contributed by atoms with Crippen molar-refractivity contribution < 1.29 is 23.9 Å². The van der Waals surface area contributed by atoms with E-state index in [4.69, 9.17) is 4.74 Å². The summed E-state index contributed by atoms with van der Waals surface area (Å²) < 4.78 is 9.99. The maximum absolute atomic E-state index is 12.7. The van der Waals surface area contributed by atoms with Gasteiger partial charge in [0.1, 0.15) is 17.0 Å². The minimum atomic E-state index is -0.480. The van der Waals surface area contributed by atoms with E-state index in [1.54, 1.807) is 29.6 Å². The van der Waals surface area contributed by atoms with Crippen molar-refractivity contribution in [3.05, 3.63) is 65.9 Å². The number of hydrogen-bond donors (Lipinski definition) is 0. The Labute approximate surface area is 222 Å². The molecule has 0 spiro atoms. The largest absolute Gasteiger partial charge is 0.464 e. The molecule has 1 fully saturated rings. The van der Waals surface area contributed by atoms with Crippen molar-refractivity contribution in [3.8, 4) is 0 Å². The average Bonchev–Trinajstić information content (AvgIpc) is 2.92. The van der Waals surface area contributed by atoms with Crippen molar-refractivity contribution in [1.29, 1.82) is 0 Å². The average molecular weight is 520 g/mol. The third-order valence-corrected chi connectivity index (χ3v) is 6.42. The molecule has 3 aromatic heterocycles. The quantitative estimate of drug-likeness (QED) is 0.469. The summed E-state index contributed by atoms with van der Waals surface area (Å²) in [7, 11) is 1.33. The van der Waals surface area contributed by atoms with Gasteiger partial charge in [-0.1, -0.05) is 12.1 Å². The second kappa shape index (κ2) is 11.5. The Bertz CT molecular complexity index is 1310. The van der Waals surface area contributed by atoms with Crippen LogP contribution in [0.25, 0.3) is 10.9 Å². The Kier molecular flexibility index (Phi) is 8.19. The second-order valence-electron chi connectivity index (χ2n) is 10.2. The molecule has 0 N–H and O–H groups in total. The van der Waals surface area contributed by atoms with E-state index in [1.165, 1.54) is 7.11 Å². The van der Waals surface area contributed by atoms with Crippen LogP contribution < -0.4 is 0 Å². The number of carbonyl (C=O) groups is 3. The highest BCUT2D eigenvalue weighted by atomic mass is 16.6. The van der Waals surface area contributed by atoms with Crippen LogP contribution >= 0.6 is 0 Å². The maximum atomic E-state index is 12.7. The van der Waals surface area contributed by atoms with Crippen molar-refractivity contribution in [2.45, 2.75) is 51.7 Å². The van der Waals surface area contributed by atoms with Crippen LogP contribution in [-0.2, 0) is 15.9 Å². The van der Waals surface area contributed by atoms with Gasteiger partial charge in [-0.15, -0.1) is 0 Å². The summed E-state index contributed by atoms with van der Waals surface area (Å²) in [5.41, 5.74) is 2.12. The van der Waals surface area contributed by atoms with Gasteiger partial charge in [-0.25, -0.2) is 14.6 Å². The first-order valence-corrected chi connectivity index (χ1v) is 12.7. The van der Waals surface area contributed by atoms with Gasteiger partial charge < -0.3 is 19.3 Å².